The van der Waals surface area contributed by atoms with Gasteiger partial charge < -0.3 is 5.32 Å². The average molecular weight is 437 g/mol. The van der Waals surface area contributed by atoms with E-state index in [1.54, 1.807) is 25.1 Å². The summed E-state index contributed by atoms with van der Waals surface area (Å²) < 4.78 is 41.0. The van der Waals surface area contributed by atoms with E-state index >= 15 is 0 Å². The summed E-state index contributed by atoms with van der Waals surface area (Å²) >= 11 is 7.50. The number of nitrogens with zero attached hydrogens (tertiary/aromatic N) is 3. The molecule has 29 heavy (non-hydrogen) atoms. The first kappa shape index (κ1) is 19.4. The van der Waals surface area contributed by atoms with Gasteiger partial charge in [-0.15, -0.1) is 0 Å². The van der Waals surface area contributed by atoms with Crippen LogP contribution in [0.5, 0.6) is 0 Å². The average Bonchev–Trinajstić information content (AvgIpc) is 3.25. The molecule has 5 nitrogen and oxygen atoms in total. The summed E-state index contributed by atoms with van der Waals surface area (Å²) in [7, 11) is 0. The second-order valence-electron chi connectivity index (χ2n) is 6.20. The van der Waals surface area contributed by atoms with E-state index in [0.717, 1.165) is 16.8 Å². The topological polar surface area (TPSA) is 59.8 Å². The van der Waals surface area contributed by atoms with Gasteiger partial charge in [0.1, 0.15) is 11.3 Å². The third-order valence-electron chi connectivity index (χ3n) is 4.06. The number of fused-ring (bicyclic) bond motifs is 1. The van der Waals surface area contributed by atoms with Crippen molar-refractivity contribution in [3.05, 3.63) is 70.4 Å². The monoisotopic (exact) mass is 436 g/mol. The summed E-state index contributed by atoms with van der Waals surface area (Å²) in [5.74, 6) is -0.392. The smallest absolute Gasteiger partial charge is 0.306 e. The van der Waals surface area contributed by atoms with Crippen molar-refractivity contribution in [2.24, 2.45) is 0 Å². The Balaban J connectivity index is 1.68. The number of anilines is 1. The molecule has 0 aliphatic carbocycles. The first-order chi connectivity index (χ1) is 13.7. The molecule has 0 spiro atoms. The molecule has 0 saturated heterocycles. The summed E-state index contributed by atoms with van der Waals surface area (Å²) in [5, 5.41) is 7.91. The van der Waals surface area contributed by atoms with E-state index in [-0.39, 0.29) is 5.56 Å². The number of aryl methyl sites for hydroxylation is 1. The van der Waals surface area contributed by atoms with Gasteiger partial charge in [-0.1, -0.05) is 35.1 Å². The molecule has 0 saturated carbocycles. The number of alkyl halides is 3. The minimum absolute atomic E-state index is 0.113. The molecule has 148 valence electrons. The van der Waals surface area contributed by atoms with E-state index in [0.29, 0.717) is 27.2 Å². The molecule has 0 bridgehead atoms. The first-order valence-corrected chi connectivity index (χ1v) is 9.52. The third-order valence-corrected chi connectivity index (χ3v) is 5.37. The summed E-state index contributed by atoms with van der Waals surface area (Å²) in [5.41, 5.74) is 0.209. The molecule has 0 atom stereocenters. The molecule has 0 aliphatic heterocycles. The van der Waals surface area contributed by atoms with E-state index < -0.39 is 17.6 Å². The number of nitrogens with one attached hydrogen (secondary N) is 1. The summed E-state index contributed by atoms with van der Waals surface area (Å²) in [6.07, 6.45) is -4.53. The molecule has 0 aliphatic rings. The van der Waals surface area contributed by atoms with Gasteiger partial charge in [-0.25, -0.2) is 4.98 Å². The first-order valence-electron chi connectivity index (χ1n) is 8.33. The predicted octanol–water partition coefficient (Wildman–Crippen LogP) is 5.71. The molecule has 1 N–H and O–H groups in total. The quantitative estimate of drug-likeness (QED) is 0.447. The fraction of sp³-hybridized carbons (Fsp3) is 0.105. The lowest BCUT2D eigenvalue weighted by Gasteiger charge is -2.09. The van der Waals surface area contributed by atoms with Gasteiger partial charge in [-0.3, -0.25) is 4.79 Å². The molecule has 0 fully saturated rings. The Morgan fingerprint density at radius 2 is 1.93 bits per heavy atom. The van der Waals surface area contributed by atoms with Crippen molar-refractivity contribution < 1.29 is 18.0 Å². The summed E-state index contributed by atoms with van der Waals surface area (Å²) in [6.45, 7) is 1.73. The molecule has 2 heterocycles. The van der Waals surface area contributed by atoms with Crippen LogP contribution in [0.3, 0.4) is 0 Å². The number of hydrogen-bond donors (Lipinski definition) is 1. The van der Waals surface area contributed by atoms with Crippen LogP contribution in [-0.2, 0) is 6.18 Å². The number of thiazole rings is 1. The van der Waals surface area contributed by atoms with Gasteiger partial charge in [0.05, 0.1) is 21.0 Å². The predicted molar refractivity (Wildman–Crippen MR) is 106 cm³/mol. The lowest BCUT2D eigenvalue weighted by molar-refractivity contribution is -0.137. The van der Waals surface area contributed by atoms with E-state index in [4.69, 9.17) is 11.6 Å². The molecular weight excluding hydrogens is 425 g/mol. The Labute approximate surface area is 171 Å². The fourth-order valence-corrected chi connectivity index (χ4v) is 3.98. The Kier molecular flexibility index (Phi) is 4.79. The molecule has 2 aromatic heterocycles. The van der Waals surface area contributed by atoms with Gasteiger partial charge in [0.2, 0.25) is 5.13 Å². The molecular formula is C19H12ClF3N4OS. The minimum atomic E-state index is -4.53. The maximum absolute atomic E-state index is 12.9. The van der Waals surface area contributed by atoms with Crippen LogP contribution in [0.25, 0.3) is 15.3 Å². The van der Waals surface area contributed by atoms with Crippen LogP contribution in [-0.4, -0.2) is 20.7 Å². The highest BCUT2D eigenvalue weighted by molar-refractivity contribution is 7.20. The largest absolute Gasteiger partial charge is 0.416 e. The fourth-order valence-electron chi connectivity index (χ4n) is 2.75. The van der Waals surface area contributed by atoms with Crippen LogP contribution in [0.1, 0.15) is 21.6 Å². The second-order valence-corrected chi connectivity index (χ2v) is 7.61. The number of hydrogen-bond acceptors (Lipinski definition) is 4. The Hall–Kier alpha value is -2.91. The Bertz CT molecular complexity index is 1230. The highest BCUT2D eigenvalue weighted by atomic mass is 35.5. The zero-order chi connectivity index (χ0) is 20.8. The lowest BCUT2D eigenvalue weighted by atomic mass is 10.1. The molecule has 0 radical (unpaired) electrons. The molecule has 0 unspecified atom stereocenters. The zero-order valence-corrected chi connectivity index (χ0v) is 16.4. The normalized spacial score (nSPS) is 11.8. The van der Waals surface area contributed by atoms with Gasteiger partial charge in [0.25, 0.3) is 5.91 Å². The van der Waals surface area contributed by atoms with Crippen molar-refractivity contribution in [1.29, 1.82) is 0 Å². The summed E-state index contributed by atoms with van der Waals surface area (Å²) in [4.78, 5) is 17.0. The Morgan fingerprint density at radius 1 is 1.17 bits per heavy atom. The van der Waals surface area contributed by atoms with Crippen LogP contribution in [0.4, 0.5) is 19.0 Å². The number of amides is 1. The van der Waals surface area contributed by atoms with E-state index in [9.17, 15) is 18.0 Å². The van der Waals surface area contributed by atoms with Crippen LogP contribution >= 0.6 is 22.9 Å². The SMILES string of the molecule is Cc1cc(NC(=O)c2cccc(C(F)(F)F)c2)n(-c2nc3c(Cl)cccc3s2)n1. The van der Waals surface area contributed by atoms with Crippen molar-refractivity contribution in [2.75, 3.05) is 5.32 Å². The number of aromatic nitrogens is 3. The number of benzene rings is 2. The van der Waals surface area contributed by atoms with Crippen LogP contribution in [0.15, 0.2) is 48.5 Å². The minimum Gasteiger partial charge on any atom is -0.306 e. The highest BCUT2D eigenvalue weighted by Crippen LogP contribution is 2.32. The van der Waals surface area contributed by atoms with E-state index in [1.807, 2.05) is 6.07 Å². The zero-order valence-electron chi connectivity index (χ0n) is 14.8. The standard InChI is InChI=1S/C19H12ClF3N4OS/c1-10-8-15(24-17(28)11-4-2-5-12(9-11)19(21,22)23)27(26-10)18-25-16-13(20)6-3-7-14(16)29-18/h2-9H,1H3,(H,24,28). The van der Waals surface area contributed by atoms with Crippen LogP contribution in [0.2, 0.25) is 5.02 Å². The molecule has 2 aromatic carbocycles. The lowest BCUT2D eigenvalue weighted by Crippen LogP contribution is -2.16. The van der Waals surface area contributed by atoms with Crippen molar-refractivity contribution in [3.8, 4) is 5.13 Å². The van der Waals surface area contributed by atoms with Gasteiger partial charge in [0.15, 0.2) is 0 Å². The van der Waals surface area contributed by atoms with Gasteiger partial charge in [-0.2, -0.15) is 23.0 Å². The second kappa shape index (κ2) is 7.16. The number of carbonyl (C=O) groups excluding carboxylic acids is 1. The van der Waals surface area contributed by atoms with Gasteiger partial charge in [0, 0.05) is 11.6 Å². The van der Waals surface area contributed by atoms with E-state index in [1.165, 1.54) is 28.2 Å². The van der Waals surface area contributed by atoms with E-state index in [2.05, 4.69) is 15.4 Å². The molecule has 10 heteroatoms. The van der Waals surface area contributed by atoms with Crippen molar-refractivity contribution in [1.82, 2.24) is 14.8 Å². The third kappa shape index (κ3) is 3.83. The van der Waals surface area contributed by atoms with Crippen LogP contribution in [0, 0.1) is 6.92 Å². The number of rotatable bonds is 3. The maximum atomic E-state index is 12.9. The van der Waals surface area contributed by atoms with Crippen LogP contribution < -0.4 is 5.32 Å². The van der Waals surface area contributed by atoms with Crippen molar-refractivity contribution in [2.45, 2.75) is 13.1 Å². The molecule has 4 rings (SSSR count). The van der Waals surface area contributed by atoms with Crippen molar-refractivity contribution in [3.63, 3.8) is 0 Å². The van der Waals surface area contributed by atoms with Gasteiger partial charge >= 0.3 is 6.18 Å². The summed E-state index contributed by atoms with van der Waals surface area (Å²) in [6, 6.07) is 11.2. The number of halogens is 4. The maximum Gasteiger partial charge on any atom is 0.416 e. The molecule has 4 aromatic rings. The highest BCUT2D eigenvalue weighted by Gasteiger charge is 2.31. The number of carbonyl (C=O) groups is 1. The Morgan fingerprint density at radius 3 is 2.66 bits per heavy atom. The van der Waals surface area contributed by atoms with Crippen molar-refractivity contribution >= 4 is 44.9 Å². The molecule has 1 amide bonds. The van der Waals surface area contributed by atoms with Gasteiger partial charge in [-0.05, 0) is 37.3 Å². The number of para-hydroxylation sites is 1.